The number of fused-ring (bicyclic) bond motifs is 1. The molecule has 1 amide bonds. The summed E-state index contributed by atoms with van der Waals surface area (Å²) >= 11 is 3.39. The quantitative estimate of drug-likeness (QED) is 0.617. The van der Waals surface area contributed by atoms with Crippen LogP contribution in [0.4, 0.5) is 0 Å². The molecule has 0 aliphatic carbocycles. The fraction of sp³-hybridized carbons (Fsp3) is 0.190. The lowest BCUT2D eigenvalue weighted by atomic mass is 10.00. The van der Waals surface area contributed by atoms with Crippen LogP contribution in [-0.2, 0) is 19.6 Å². The Morgan fingerprint density at radius 1 is 1.04 bits per heavy atom. The minimum absolute atomic E-state index is 0.0746. The number of furan rings is 1. The molecule has 2 heterocycles. The molecule has 4 rings (SSSR count). The summed E-state index contributed by atoms with van der Waals surface area (Å²) in [5.41, 5.74) is 2.53. The van der Waals surface area contributed by atoms with Crippen LogP contribution in [0, 0.1) is 0 Å². The molecule has 0 N–H and O–H groups in total. The fourth-order valence-corrected chi connectivity index (χ4v) is 3.34. The summed E-state index contributed by atoms with van der Waals surface area (Å²) < 4.78 is 12.4. The van der Waals surface area contributed by atoms with E-state index in [-0.39, 0.29) is 12.5 Å². The molecule has 0 saturated carbocycles. The smallest absolute Gasteiger partial charge is 0.289 e. The highest BCUT2D eigenvalue weighted by Crippen LogP contribution is 2.22. The first-order chi connectivity index (χ1) is 12.7. The molecule has 3 aromatic rings. The molecule has 1 aliphatic heterocycles. The van der Waals surface area contributed by atoms with Crippen molar-refractivity contribution in [1.82, 2.24) is 4.90 Å². The molecule has 4 nitrogen and oxygen atoms in total. The van der Waals surface area contributed by atoms with Crippen LogP contribution >= 0.6 is 15.9 Å². The molecule has 132 valence electrons. The van der Waals surface area contributed by atoms with E-state index in [1.807, 2.05) is 41.3 Å². The van der Waals surface area contributed by atoms with Crippen LogP contribution in [0.2, 0.25) is 0 Å². The van der Waals surface area contributed by atoms with Gasteiger partial charge in [0.1, 0.15) is 18.1 Å². The Morgan fingerprint density at radius 2 is 1.81 bits per heavy atom. The van der Waals surface area contributed by atoms with Crippen LogP contribution in [0.5, 0.6) is 5.75 Å². The van der Waals surface area contributed by atoms with Gasteiger partial charge in [0.2, 0.25) is 0 Å². The van der Waals surface area contributed by atoms with Gasteiger partial charge in [-0.15, -0.1) is 0 Å². The van der Waals surface area contributed by atoms with Crippen molar-refractivity contribution in [2.75, 3.05) is 6.54 Å². The SMILES string of the molecule is O=C(c1ccc(COc2ccc(Br)cc2)o1)N1CCc2ccccc2C1. The second kappa shape index (κ2) is 7.38. The van der Waals surface area contributed by atoms with Gasteiger partial charge in [-0.1, -0.05) is 40.2 Å². The number of rotatable bonds is 4. The van der Waals surface area contributed by atoms with Gasteiger partial charge in [-0.3, -0.25) is 4.79 Å². The lowest BCUT2D eigenvalue weighted by molar-refractivity contribution is 0.0698. The number of amides is 1. The predicted molar refractivity (Wildman–Crippen MR) is 102 cm³/mol. The molecule has 0 saturated heterocycles. The van der Waals surface area contributed by atoms with E-state index in [4.69, 9.17) is 9.15 Å². The minimum atomic E-state index is -0.0746. The van der Waals surface area contributed by atoms with Crippen LogP contribution in [0.3, 0.4) is 0 Å². The maximum Gasteiger partial charge on any atom is 0.289 e. The lowest BCUT2D eigenvalue weighted by Gasteiger charge is -2.28. The van der Waals surface area contributed by atoms with Crippen LogP contribution in [0.25, 0.3) is 0 Å². The van der Waals surface area contributed by atoms with Gasteiger partial charge in [0.25, 0.3) is 5.91 Å². The molecular formula is C21H18BrNO3. The zero-order valence-corrected chi connectivity index (χ0v) is 15.7. The van der Waals surface area contributed by atoms with E-state index < -0.39 is 0 Å². The van der Waals surface area contributed by atoms with E-state index in [1.165, 1.54) is 11.1 Å². The lowest BCUT2D eigenvalue weighted by Crippen LogP contribution is -2.35. The molecule has 0 bridgehead atoms. The minimum Gasteiger partial charge on any atom is -0.486 e. The first-order valence-corrected chi connectivity index (χ1v) is 9.31. The van der Waals surface area contributed by atoms with Crippen molar-refractivity contribution in [3.63, 3.8) is 0 Å². The summed E-state index contributed by atoms with van der Waals surface area (Å²) in [6.45, 7) is 1.62. The predicted octanol–water partition coefficient (Wildman–Crippen LogP) is 4.82. The summed E-state index contributed by atoms with van der Waals surface area (Å²) in [5, 5.41) is 0. The standard InChI is InChI=1S/C21H18BrNO3/c22-17-5-7-18(8-6-17)25-14-19-9-10-20(26-19)21(24)23-12-11-15-3-1-2-4-16(15)13-23/h1-10H,11-14H2. The average molecular weight is 412 g/mol. The number of carbonyl (C=O) groups is 1. The van der Waals surface area contributed by atoms with E-state index >= 15 is 0 Å². The second-order valence-corrected chi connectivity index (χ2v) is 7.17. The number of hydrogen-bond acceptors (Lipinski definition) is 3. The molecular weight excluding hydrogens is 394 g/mol. The van der Waals surface area contributed by atoms with Crippen molar-refractivity contribution in [2.24, 2.45) is 0 Å². The van der Waals surface area contributed by atoms with Crippen molar-refractivity contribution in [2.45, 2.75) is 19.6 Å². The van der Waals surface area contributed by atoms with Gasteiger partial charge >= 0.3 is 0 Å². The molecule has 0 spiro atoms. The molecule has 26 heavy (non-hydrogen) atoms. The first-order valence-electron chi connectivity index (χ1n) is 8.52. The molecule has 1 aliphatic rings. The Balaban J connectivity index is 1.39. The summed E-state index contributed by atoms with van der Waals surface area (Å²) in [5.74, 6) is 1.67. The highest BCUT2D eigenvalue weighted by molar-refractivity contribution is 9.10. The van der Waals surface area contributed by atoms with Gasteiger partial charge in [0.05, 0.1) is 0 Å². The zero-order chi connectivity index (χ0) is 17.9. The van der Waals surface area contributed by atoms with Crippen molar-refractivity contribution >= 4 is 21.8 Å². The number of ether oxygens (including phenoxy) is 1. The Kier molecular flexibility index (Phi) is 4.80. The fourth-order valence-electron chi connectivity index (χ4n) is 3.08. The third-order valence-corrected chi connectivity index (χ3v) is 5.01. The van der Waals surface area contributed by atoms with Gasteiger partial charge < -0.3 is 14.1 Å². The molecule has 0 fully saturated rings. The van der Waals surface area contributed by atoms with Gasteiger partial charge in [-0.2, -0.15) is 0 Å². The topological polar surface area (TPSA) is 42.7 Å². The monoisotopic (exact) mass is 411 g/mol. The van der Waals surface area contributed by atoms with E-state index in [0.717, 1.165) is 16.6 Å². The zero-order valence-electron chi connectivity index (χ0n) is 14.2. The van der Waals surface area contributed by atoms with E-state index in [1.54, 1.807) is 12.1 Å². The highest BCUT2D eigenvalue weighted by atomic mass is 79.9. The Morgan fingerprint density at radius 3 is 2.62 bits per heavy atom. The molecule has 2 aromatic carbocycles. The molecule has 0 atom stereocenters. The first kappa shape index (κ1) is 16.9. The number of benzene rings is 2. The second-order valence-electron chi connectivity index (χ2n) is 6.25. The van der Waals surface area contributed by atoms with Crippen molar-refractivity contribution in [3.05, 3.63) is 87.8 Å². The third-order valence-electron chi connectivity index (χ3n) is 4.49. The Bertz CT molecular complexity index is 917. The van der Waals surface area contributed by atoms with E-state index in [2.05, 4.69) is 28.1 Å². The van der Waals surface area contributed by atoms with Gasteiger partial charge in [0, 0.05) is 17.6 Å². The average Bonchev–Trinajstić information content (AvgIpc) is 3.15. The summed E-state index contributed by atoms with van der Waals surface area (Å²) in [6.07, 6.45) is 0.877. The molecule has 5 heteroatoms. The van der Waals surface area contributed by atoms with Crippen molar-refractivity contribution in [3.8, 4) is 5.75 Å². The summed E-state index contributed by atoms with van der Waals surface area (Å²) in [7, 11) is 0. The van der Waals surface area contributed by atoms with Crippen LogP contribution in [0.1, 0.15) is 27.4 Å². The Labute approximate surface area is 160 Å². The molecule has 0 radical (unpaired) electrons. The normalized spacial score (nSPS) is 13.3. The van der Waals surface area contributed by atoms with Crippen molar-refractivity contribution in [1.29, 1.82) is 0 Å². The number of hydrogen-bond donors (Lipinski definition) is 0. The van der Waals surface area contributed by atoms with Gasteiger partial charge in [-0.25, -0.2) is 0 Å². The third kappa shape index (κ3) is 3.68. The Hall–Kier alpha value is -2.53. The number of halogens is 1. The maximum absolute atomic E-state index is 12.7. The van der Waals surface area contributed by atoms with Crippen LogP contribution in [0.15, 0.2) is 69.6 Å². The largest absolute Gasteiger partial charge is 0.486 e. The molecule has 0 unspecified atom stereocenters. The van der Waals surface area contributed by atoms with Crippen LogP contribution in [-0.4, -0.2) is 17.4 Å². The summed E-state index contributed by atoms with van der Waals surface area (Å²) in [4.78, 5) is 14.6. The highest BCUT2D eigenvalue weighted by Gasteiger charge is 2.23. The summed E-state index contributed by atoms with van der Waals surface area (Å²) in [6, 6.07) is 19.4. The number of carbonyl (C=O) groups excluding carboxylic acids is 1. The van der Waals surface area contributed by atoms with E-state index in [9.17, 15) is 4.79 Å². The van der Waals surface area contributed by atoms with Gasteiger partial charge in [-0.05, 0) is 53.9 Å². The number of nitrogens with zero attached hydrogens (tertiary/aromatic N) is 1. The molecule has 1 aromatic heterocycles. The van der Waals surface area contributed by atoms with E-state index in [0.29, 0.717) is 24.6 Å². The van der Waals surface area contributed by atoms with Gasteiger partial charge in [0.15, 0.2) is 5.76 Å². The maximum atomic E-state index is 12.7. The van der Waals surface area contributed by atoms with Crippen LogP contribution < -0.4 is 4.74 Å². The van der Waals surface area contributed by atoms with Crippen molar-refractivity contribution < 1.29 is 13.9 Å².